The van der Waals surface area contributed by atoms with E-state index in [4.69, 9.17) is 9.47 Å². The van der Waals surface area contributed by atoms with Gasteiger partial charge < -0.3 is 14.8 Å². The molecular formula is C15H21N3O3S. The maximum atomic E-state index is 11.9. The van der Waals surface area contributed by atoms with Gasteiger partial charge in [0.05, 0.1) is 24.5 Å². The van der Waals surface area contributed by atoms with Gasteiger partial charge in [0, 0.05) is 26.0 Å². The Bertz CT molecular complexity index is 558. The maximum absolute atomic E-state index is 11.9. The van der Waals surface area contributed by atoms with Crippen LogP contribution in [0.4, 0.5) is 0 Å². The second-order valence-electron chi connectivity index (χ2n) is 4.86. The largest absolute Gasteiger partial charge is 0.383 e. The summed E-state index contributed by atoms with van der Waals surface area (Å²) in [6, 6.07) is 3.92. The van der Waals surface area contributed by atoms with Gasteiger partial charge in [0.2, 0.25) is 5.91 Å². The Morgan fingerprint density at radius 3 is 2.82 bits per heavy atom. The molecule has 1 atom stereocenters. The second-order valence-corrected chi connectivity index (χ2v) is 5.82. The molecule has 0 fully saturated rings. The van der Waals surface area contributed by atoms with Crippen LogP contribution >= 0.6 is 11.8 Å². The summed E-state index contributed by atoms with van der Waals surface area (Å²) in [6.45, 7) is 4.52. The number of methoxy groups -OCH3 is 2. The standard InChI is InChI=1S/C15H21N3O3S/c1-10-5-12(8-21-4)13(6-16)15(18-10)22-9-14(19)17-11(2)7-20-3/h5,11H,7-9H2,1-4H3,(H,17,19)/t11-/m1/s1. The smallest absolute Gasteiger partial charge is 0.230 e. The molecule has 0 unspecified atom stereocenters. The van der Waals surface area contributed by atoms with Crippen molar-refractivity contribution in [1.82, 2.24) is 10.3 Å². The lowest BCUT2D eigenvalue weighted by Gasteiger charge is -2.13. The molecule has 1 amide bonds. The molecular weight excluding hydrogens is 302 g/mol. The van der Waals surface area contributed by atoms with E-state index in [1.165, 1.54) is 11.8 Å². The zero-order valence-electron chi connectivity index (χ0n) is 13.3. The summed E-state index contributed by atoms with van der Waals surface area (Å²) < 4.78 is 10.1. The van der Waals surface area contributed by atoms with E-state index in [-0.39, 0.29) is 17.7 Å². The lowest BCUT2D eigenvalue weighted by molar-refractivity contribution is -0.119. The number of pyridine rings is 1. The van der Waals surface area contributed by atoms with Crippen molar-refractivity contribution in [3.63, 3.8) is 0 Å². The fourth-order valence-corrected chi connectivity index (χ4v) is 2.83. The molecule has 0 saturated carbocycles. The number of nitrogens with one attached hydrogen (secondary N) is 1. The first-order chi connectivity index (χ1) is 10.5. The van der Waals surface area contributed by atoms with Crippen molar-refractivity contribution in [3.05, 3.63) is 22.9 Å². The van der Waals surface area contributed by atoms with Crippen LogP contribution in [-0.2, 0) is 20.9 Å². The number of aryl methyl sites for hydroxylation is 1. The minimum atomic E-state index is -0.116. The van der Waals surface area contributed by atoms with Crippen LogP contribution in [0.1, 0.15) is 23.7 Å². The van der Waals surface area contributed by atoms with Crippen LogP contribution in [0.5, 0.6) is 0 Å². The zero-order valence-corrected chi connectivity index (χ0v) is 14.1. The van der Waals surface area contributed by atoms with Crippen LogP contribution < -0.4 is 5.32 Å². The molecule has 1 aromatic rings. The first-order valence-corrected chi connectivity index (χ1v) is 7.81. The molecule has 0 aliphatic heterocycles. The van der Waals surface area contributed by atoms with Gasteiger partial charge >= 0.3 is 0 Å². The third-order valence-electron chi connectivity index (χ3n) is 2.77. The van der Waals surface area contributed by atoms with E-state index in [0.29, 0.717) is 23.8 Å². The molecule has 0 spiro atoms. The highest BCUT2D eigenvalue weighted by atomic mass is 32.2. The van der Waals surface area contributed by atoms with Gasteiger partial charge in [-0.3, -0.25) is 4.79 Å². The number of rotatable bonds is 8. The Morgan fingerprint density at radius 1 is 1.50 bits per heavy atom. The van der Waals surface area contributed by atoms with Gasteiger partial charge in [-0.05, 0) is 25.5 Å². The maximum Gasteiger partial charge on any atom is 0.230 e. The molecule has 0 aliphatic carbocycles. The van der Waals surface area contributed by atoms with E-state index in [1.807, 2.05) is 19.9 Å². The molecule has 0 saturated heterocycles. The minimum absolute atomic E-state index is 0.0527. The third kappa shape index (κ3) is 5.64. The fourth-order valence-electron chi connectivity index (χ4n) is 1.95. The van der Waals surface area contributed by atoms with Gasteiger partial charge in [-0.15, -0.1) is 0 Å². The summed E-state index contributed by atoms with van der Waals surface area (Å²) in [6.07, 6.45) is 0. The van der Waals surface area contributed by atoms with Crippen molar-refractivity contribution >= 4 is 17.7 Å². The Balaban J connectivity index is 2.77. The van der Waals surface area contributed by atoms with E-state index < -0.39 is 0 Å². The molecule has 120 valence electrons. The molecule has 1 N–H and O–H groups in total. The molecule has 22 heavy (non-hydrogen) atoms. The van der Waals surface area contributed by atoms with Gasteiger partial charge in [0.15, 0.2) is 0 Å². The Morgan fingerprint density at radius 2 is 2.23 bits per heavy atom. The third-order valence-corrected chi connectivity index (χ3v) is 3.75. The normalized spacial score (nSPS) is 11.8. The zero-order chi connectivity index (χ0) is 16.5. The number of aromatic nitrogens is 1. The summed E-state index contributed by atoms with van der Waals surface area (Å²) in [5, 5.41) is 12.7. The average Bonchev–Trinajstić information content (AvgIpc) is 2.45. The number of nitriles is 1. The van der Waals surface area contributed by atoms with Crippen LogP contribution in [0, 0.1) is 18.3 Å². The van der Waals surface area contributed by atoms with Crippen molar-refractivity contribution in [3.8, 4) is 6.07 Å². The van der Waals surface area contributed by atoms with Gasteiger partial charge in [-0.2, -0.15) is 5.26 Å². The van der Waals surface area contributed by atoms with Crippen molar-refractivity contribution in [2.75, 3.05) is 26.6 Å². The summed E-state index contributed by atoms with van der Waals surface area (Å²) >= 11 is 1.25. The molecule has 6 nitrogen and oxygen atoms in total. The van der Waals surface area contributed by atoms with Gasteiger partial charge in [0.25, 0.3) is 0 Å². The summed E-state index contributed by atoms with van der Waals surface area (Å²) in [5.41, 5.74) is 2.05. The topological polar surface area (TPSA) is 84.2 Å². The van der Waals surface area contributed by atoms with Crippen molar-refractivity contribution in [2.45, 2.75) is 31.5 Å². The number of thioether (sulfide) groups is 1. The van der Waals surface area contributed by atoms with Crippen molar-refractivity contribution in [1.29, 1.82) is 5.26 Å². The summed E-state index contributed by atoms with van der Waals surface area (Å²) in [7, 11) is 3.17. The molecule has 1 heterocycles. The van der Waals surface area contributed by atoms with Crippen LogP contribution in [0.25, 0.3) is 0 Å². The summed E-state index contributed by atoms with van der Waals surface area (Å²) in [5.74, 6) is 0.0843. The first kappa shape index (κ1) is 18.4. The van der Waals surface area contributed by atoms with Crippen LogP contribution in [0.2, 0.25) is 0 Å². The number of carbonyl (C=O) groups excluding carboxylic acids is 1. The second kappa shape index (κ2) is 9.41. The lowest BCUT2D eigenvalue weighted by atomic mass is 10.1. The molecule has 0 bridgehead atoms. The monoisotopic (exact) mass is 323 g/mol. The average molecular weight is 323 g/mol. The Kier molecular flexibility index (Phi) is 7.88. The van der Waals surface area contributed by atoms with E-state index in [9.17, 15) is 10.1 Å². The molecule has 7 heteroatoms. The SMILES string of the molecule is COCc1cc(C)nc(SCC(=O)N[C@H](C)COC)c1C#N. The highest BCUT2D eigenvalue weighted by molar-refractivity contribution is 8.00. The number of hydrogen-bond acceptors (Lipinski definition) is 6. The lowest BCUT2D eigenvalue weighted by Crippen LogP contribution is -2.36. The predicted molar refractivity (Wildman–Crippen MR) is 84.6 cm³/mol. The van der Waals surface area contributed by atoms with E-state index in [0.717, 1.165) is 11.3 Å². The van der Waals surface area contributed by atoms with Crippen LogP contribution in [0.15, 0.2) is 11.1 Å². The Hall–Kier alpha value is -1.62. The number of carbonyl (C=O) groups is 1. The van der Waals surface area contributed by atoms with Crippen molar-refractivity contribution < 1.29 is 14.3 Å². The molecule has 0 aliphatic rings. The Labute approximate surface area is 135 Å². The number of ether oxygens (including phenoxy) is 2. The predicted octanol–water partition coefficient (Wildman–Crippen LogP) is 1.65. The van der Waals surface area contributed by atoms with Gasteiger partial charge in [-0.1, -0.05) is 11.8 Å². The molecule has 0 radical (unpaired) electrons. The minimum Gasteiger partial charge on any atom is -0.383 e. The quantitative estimate of drug-likeness (QED) is 0.732. The van der Waals surface area contributed by atoms with Crippen molar-refractivity contribution in [2.24, 2.45) is 0 Å². The van der Waals surface area contributed by atoms with Crippen LogP contribution in [-0.4, -0.2) is 43.5 Å². The number of amides is 1. The first-order valence-electron chi connectivity index (χ1n) is 6.82. The molecule has 0 aromatic carbocycles. The molecule has 1 aromatic heterocycles. The highest BCUT2D eigenvalue weighted by Gasteiger charge is 2.14. The number of nitrogens with zero attached hydrogens (tertiary/aromatic N) is 2. The van der Waals surface area contributed by atoms with Gasteiger partial charge in [-0.25, -0.2) is 4.98 Å². The van der Waals surface area contributed by atoms with Crippen LogP contribution in [0.3, 0.4) is 0 Å². The van der Waals surface area contributed by atoms with E-state index in [2.05, 4.69) is 16.4 Å². The highest BCUT2D eigenvalue weighted by Crippen LogP contribution is 2.24. The van der Waals surface area contributed by atoms with Gasteiger partial charge in [0.1, 0.15) is 11.1 Å². The molecule has 1 rings (SSSR count). The van der Waals surface area contributed by atoms with E-state index in [1.54, 1.807) is 14.2 Å². The van der Waals surface area contributed by atoms with E-state index >= 15 is 0 Å². The number of hydrogen-bond donors (Lipinski definition) is 1. The summed E-state index contributed by atoms with van der Waals surface area (Å²) in [4.78, 5) is 16.2. The fraction of sp³-hybridized carbons (Fsp3) is 0.533.